The van der Waals surface area contributed by atoms with E-state index < -0.39 is 46.0 Å². The standard InChI is InChI=1S/C30H40Cl2N6O7S2/c31-16-27-36-23-14-20(32)26(15-25(23)46-37-27)47(44,45)34-17-19-8-6-18(7-9-19)10-11-22(29(40)41)35-21(4-1-2-12-33)28(39)38-13-3-5-24(38)30(42)43/h6-9,14-15,21-22,24,27,34-37H,1-5,10-13,16-17,33H2,(H,40,41)(H,42,43)/t21-,22-,24-,27?/m0/s1. The largest absolute Gasteiger partial charge is 0.480 e. The number of anilines is 1. The fraction of sp³-hybridized carbons (Fsp3) is 0.500. The number of sulfonamides is 1. The molecule has 1 amide bonds. The van der Waals surface area contributed by atoms with Crippen molar-refractivity contribution in [3.8, 4) is 0 Å². The van der Waals surface area contributed by atoms with Gasteiger partial charge < -0.3 is 26.2 Å². The van der Waals surface area contributed by atoms with E-state index in [1.807, 2.05) is 0 Å². The highest BCUT2D eigenvalue weighted by molar-refractivity contribution is 7.97. The van der Waals surface area contributed by atoms with Gasteiger partial charge in [-0.3, -0.25) is 14.9 Å². The molecule has 0 saturated carbocycles. The number of nitrogens with zero attached hydrogens (tertiary/aromatic N) is 1. The van der Waals surface area contributed by atoms with E-state index in [-0.39, 0.29) is 29.0 Å². The number of unbranched alkanes of at least 4 members (excludes halogenated alkanes) is 1. The molecule has 2 aliphatic rings. The minimum absolute atomic E-state index is 0.00767. The van der Waals surface area contributed by atoms with Gasteiger partial charge in [0.15, 0.2) is 0 Å². The maximum atomic E-state index is 13.4. The van der Waals surface area contributed by atoms with Crippen LogP contribution in [0.2, 0.25) is 5.02 Å². The predicted octanol–water partition coefficient (Wildman–Crippen LogP) is 2.95. The third-order valence-corrected chi connectivity index (χ3v) is 11.2. The lowest BCUT2D eigenvalue weighted by Gasteiger charge is -2.29. The Balaban J connectivity index is 1.35. The van der Waals surface area contributed by atoms with Crippen molar-refractivity contribution in [1.82, 2.24) is 19.7 Å². The van der Waals surface area contributed by atoms with E-state index >= 15 is 0 Å². The fourth-order valence-electron chi connectivity index (χ4n) is 5.53. The Hall–Kier alpha value is -2.63. The van der Waals surface area contributed by atoms with Gasteiger partial charge in [-0.25, -0.2) is 22.7 Å². The summed E-state index contributed by atoms with van der Waals surface area (Å²) in [6, 6.07) is 7.33. The van der Waals surface area contributed by atoms with Crippen LogP contribution in [0.5, 0.6) is 0 Å². The zero-order chi connectivity index (χ0) is 34.1. The molecule has 2 aromatic carbocycles. The first-order chi connectivity index (χ1) is 22.4. The number of rotatable bonds is 17. The molecule has 0 radical (unpaired) electrons. The molecule has 47 heavy (non-hydrogen) atoms. The number of carboxylic acid groups (broad SMARTS) is 2. The van der Waals surface area contributed by atoms with Gasteiger partial charge in [-0.05, 0) is 80.3 Å². The van der Waals surface area contributed by atoms with E-state index in [1.54, 1.807) is 30.3 Å². The van der Waals surface area contributed by atoms with Crippen molar-refractivity contribution < 1.29 is 33.0 Å². The molecular weight excluding hydrogens is 691 g/mol. The summed E-state index contributed by atoms with van der Waals surface area (Å²) in [7, 11) is -3.95. The summed E-state index contributed by atoms with van der Waals surface area (Å²) in [5.74, 6) is -2.28. The van der Waals surface area contributed by atoms with E-state index in [2.05, 4.69) is 20.1 Å². The lowest BCUT2D eigenvalue weighted by atomic mass is 10.0. The number of hydrogen-bond donors (Lipinski definition) is 7. The van der Waals surface area contributed by atoms with E-state index in [1.165, 1.54) is 22.9 Å². The van der Waals surface area contributed by atoms with Crippen LogP contribution in [0.25, 0.3) is 0 Å². The number of halogens is 2. The van der Waals surface area contributed by atoms with Crippen molar-refractivity contribution in [3.63, 3.8) is 0 Å². The second-order valence-corrected chi connectivity index (χ2v) is 14.8. The second-order valence-electron chi connectivity index (χ2n) is 11.5. The maximum absolute atomic E-state index is 13.4. The molecule has 0 bridgehead atoms. The Morgan fingerprint density at radius 3 is 2.47 bits per heavy atom. The van der Waals surface area contributed by atoms with Crippen LogP contribution in [-0.4, -0.2) is 84.6 Å². The van der Waals surface area contributed by atoms with Gasteiger partial charge in [-0.15, -0.1) is 11.6 Å². The summed E-state index contributed by atoms with van der Waals surface area (Å²) in [5, 5.41) is 25.7. The fourth-order valence-corrected chi connectivity index (χ4v) is 8.24. The number of nitrogens with one attached hydrogen (secondary N) is 4. The highest BCUT2D eigenvalue weighted by atomic mass is 35.5. The van der Waals surface area contributed by atoms with Crippen molar-refractivity contribution in [2.45, 2.75) is 85.6 Å². The molecule has 0 spiro atoms. The van der Waals surface area contributed by atoms with Crippen molar-refractivity contribution in [2.24, 2.45) is 5.73 Å². The predicted molar refractivity (Wildman–Crippen MR) is 181 cm³/mol. The number of likely N-dealkylation sites (tertiary alicyclic amines) is 1. The quantitative estimate of drug-likeness (QED) is 0.0714. The molecule has 258 valence electrons. The van der Waals surface area contributed by atoms with E-state index in [0.29, 0.717) is 73.6 Å². The molecule has 2 heterocycles. The van der Waals surface area contributed by atoms with E-state index in [9.17, 15) is 33.0 Å². The number of aliphatic carboxylic acids is 2. The number of hydrogen-bond acceptors (Lipinski definition) is 10. The molecule has 2 aromatic rings. The summed E-state index contributed by atoms with van der Waals surface area (Å²) < 4.78 is 31.9. The smallest absolute Gasteiger partial charge is 0.326 e. The summed E-state index contributed by atoms with van der Waals surface area (Å²) in [4.78, 5) is 39.2. The summed E-state index contributed by atoms with van der Waals surface area (Å²) in [5.41, 5.74) is 7.81. The Kier molecular flexibility index (Phi) is 13.6. The van der Waals surface area contributed by atoms with Gasteiger partial charge in [-0.1, -0.05) is 42.3 Å². The molecule has 4 atom stereocenters. The van der Waals surface area contributed by atoms with Crippen LogP contribution >= 0.6 is 35.1 Å². The number of carbonyl (C=O) groups excluding carboxylic acids is 1. The minimum atomic E-state index is -3.95. The molecule has 8 N–H and O–H groups in total. The minimum Gasteiger partial charge on any atom is -0.480 e. The summed E-state index contributed by atoms with van der Waals surface area (Å²) in [6.45, 7) is 0.747. The molecule has 1 saturated heterocycles. The molecule has 0 aromatic heterocycles. The monoisotopic (exact) mass is 730 g/mol. The van der Waals surface area contributed by atoms with Gasteiger partial charge in [0, 0.05) is 18.0 Å². The van der Waals surface area contributed by atoms with Crippen LogP contribution < -0.4 is 25.8 Å². The van der Waals surface area contributed by atoms with Gasteiger partial charge >= 0.3 is 11.9 Å². The van der Waals surface area contributed by atoms with Crippen molar-refractivity contribution >= 4 is 68.7 Å². The second kappa shape index (κ2) is 17.2. The first-order valence-electron chi connectivity index (χ1n) is 15.3. The summed E-state index contributed by atoms with van der Waals surface area (Å²) in [6.07, 6.45) is 2.88. The first kappa shape index (κ1) is 37.2. The van der Waals surface area contributed by atoms with E-state index in [0.717, 1.165) is 5.56 Å². The molecule has 17 heteroatoms. The Morgan fingerprint density at radius 1 is 1.09 bits per heavy atom. The van der Waals surface area contributed by atoms with Crippen LogP contribution in [-0.2, 0) is 37.4 Å². The van der Waals surface area contributed by atoms with Crippen molar-refractivity contribution in [2.75, 3.05) is 24.3 Å². The van der Waals surface area contributed by atoms with Crippen molar-refractivity contribution in [3.05, 3.63) is 52.5 Å². The van der Waals surface area contributed by atoms with Crippen LogP contribution in [0.15, 0.2) is 46.2 Å². The topological polar surface area (TPSA) is 203 Å². The average molecular weight is 732 g/mol. The third-order valence-electron chi connectivity index (χ3n) is 8.10. The van der Waals surface area contributed by atoms with Crippen molar-refractivity contribution in [1.29, 1.82) is 0 Å². The summed E-state index contributed by atoms with van der Waals surface area (Å²) >= 11 is 13.5. The molecule has 4 rings (SSSR count). The lowest BCUT2D eigenvalue weighted by Crippen LogP contribution is -2.54. The van der Waals surface area contributed by atoms with Gasteiger partial charge in [0.1, 0.15) is 23.1 Å². The Bertz CT molecular complexity index is 1530. The van der Waals surface area contributed by atoms with Gasteiger partial charge in [0.05, 0.1) is 22.6 Å². The zero-order valence-corrected chi connectivity index (χ0v) is 28.7. The van der Waals surface area contributed by atoms with Crippen LogP contribution in [0.4, 0.5) is 5.69 Å². The SMILES string of the molecule is NCCCC[C@H](N[C@@H](CCc1ccc(CNS(=O)(=O)c2cc3c(cc2Cl)NC(CCl)NS3)cc1)C(=O)O)C(=O)N1CCC[C@H]1C(=O)O. The van der Waals surface area contributed by atoms with Gasteiger partial charge in [0.25, 0.3) is 0 Å². The lowest BCUT2D eigenvalue weighted by molar-refractivity contribution is -0.149. The number of amides is 1. The third kappa shape index (κ3) is 9.95. The number of nitrogens with two attached hydrogens (primary N) is 1. The highest BCUT2D eigenvalue weighted by Crippen LogP contribution is 2.36. The maximum Gasteiger partial charge on any atom is 0.326 e. The average Bonchev–Trinajstić information content (AvgIpc) is 3.55. The van der Waals surface area contributed by atoms with Gasteiger partial charge in [-0.2, -0.15) is 0 Å². The number of aryl methyl sites for hydroxylation is 1. The number of fused-ring (bicyclic) bond motifs is 1. The molecule has 0 aliphatic carbocycles. The number of alkyl halides is 1. The number of benzene rings is 2. The van der Waals surface area contributed by atoms with Crippen LogP contribution in [0, 0.1) is 0 Å². The van der Waals surface area contributed by atoms with Crippen LogP contribution in [0.1, 0.15) is 49.7 Å². The molecule has 1 unspecified atom stereocenters. The van der Waals surface area contributed by atoms with Gasteiger partial charge in [0.2, 0.25) is 15.9 Å². The normalized spacial score (nSPS) is 19.1. The number of carboxylic acids is 2. The van der Waals surface area contributed by atoms with E-state index in [4.69, 9.17) is 28.9 Å². The molecular formula is C30H40Cl2N6O7S2. The zero-order valence-electron chi connectivity index (χ0n) is 25.6. The Morgan fingerprint density at radius 2 is 1.81 bits per heavy atom. The highest BCUT2D eigenvalue weighted by Gasteiger charge is 2.38. The molecule has 2 aliphatic heterocycles. The number of carbonyl (C=O) groups is 3. The molecule has 1 fully saturated rings. The Labute approximate surface area is 288 Å². The first-order valence-corrected chi connectivity index (χ1v) is 18.5. The van der Waals surface area contributed by atoms with Crippen LogP contribution in [0.3, 0.4) is 0 Å². The molecule has 13 nitrogen and oxygen atoms in total.